The average Bonchev–Trinajstić information content (AvgIpc) is 2.20. The first kappa shape index (κ1) is 13.7. The Morgan fingerprint density at radius 2 is 2.12 bits per heavy atom. The topological polar surface area (TPSA) is 72.2 Å². The monoisotopic (exact) mass is 258 g/mol. The molecule has 6 heteroatoms. The van der Waals surface area contributed by atoms with E-state index in [-0.39, 0.29) is 17.1 Å². The van der Waals surface area contributed by atoms with E-state index in [1.165, 1.54) is 6.92 Å². The number of rotatable bonds is 4. The molecule has 0 bridgehead atoms. The zero-order valence-electron chi connectivity index (χ0n) is 9.75. The van der Waals surface area contributed by atoms with Crippen molar-refractivity contribution in [2.45, 2.75) is 18.7 Å². The van der Waals surface area contributed by atoms with Crippen LogP contribution in [0.1, 0.15) is 12.5 Å². The molecule has 3 N–H and O–H groups in total. The molecule has 0 atom stereocenters. The SMILES string of the molecule is C=C(C)CNS(=O)(=O)c1cc(N)c(F)cc1C. The summed E-state index contributed by atoms with van der Waals surface area (Å²) in [5, 5.41) is 0. The molecule has 94 valence electrons. The van der Waals surface area contributed by atoms with Crippen molar-refractivity contribution in [3.05, 3.63) is 35.7 Å². The van der Waals surface area contributed by atoms with Crippen molar-refractivity contribution in [1.82, 2.24) is 4.72 Å². The number of halogens is 1. The maximum atomic E-state index is 13.1. The van der Waals surface area contributed by atoms with Gasteiger partial charge < -0.3 is 5.73 Å². The molecule has 0 aromatic heterocycles. The second-order valence-electron chi connectivity index (χ2n) is 3.92. The molecule has 0 aliphatic carbocycles. The summed E-state index contributed by atoms with van der Waals surface area (Å²) in [5.41, 5.74) is 6.16. The van der Waals surface area contributed by atoms with Gasteiger partial charge in [0.25, 0.3) is 0 Å². The second-order valence-corrected chi connectivity index (χ2v) is 5.66. The first-order valence-electron chi connectivity index (χ1n) is 4.93. The van der Waals surface area contributed by atoms with E-state index in [2.05, 4.69) is 11.3 Å². The lowest BCUT2D eigenvalue weighted by Crippen LogP contribution is -2.26. The zero-order valence-corrected chi connectivity index (χ0v) is 10.6. The zero-order chi connectivity index (χ0) is 13.2. The molecule has 0 saturated carbocycles. The third kappa shape index (κ3) is 3.28. The fraction of sp³-hybridized carbons (Fsp3) is 0.273. The standard InChI is InChI=1S/C11H15FN2O2S/c1-7(2)6-14-17(15,16)11-5-10(13)9(12)4-8(11)3/h4-5,14H,1,6,13H2,2-3H3. The molecule has 0 amide bonds. The third-order valence-corrected chi connectivity index (χ3v) is 3.69. The molecule has 0 fully saturated rings. The lowest BCUT2D eigenvalue weighted by molar-refractivity contribution is 0.583. The molecule has 1 rings (SSSR count). The van der Waals surface area contributed by atoms with Gasteiger partial charge in [0.15, 0.2) is 0 Å². The highest BCUT2D eigenvalue weighted by Gasteiger charge is 2.18. The smallest absolute Gasteiger partial charge is 0.241 e. The number of benzene rings is 1. The minimum absolute atomic E-state index is 0.0161. The van der Waals surface area contributed by atoms with E-state index in [1.807, 2.05) is 0 Å². The Hall–Kier alpha value is -1.40. The van der Waals surface area contributed by atoms with E-state index in [1.54, 1.807) is 6.92 Å². The lowest BCUT2D eigenvalue weighted by atomic mass is 10.2. The van der Waals surface area contributed by atoms with Gasteiger partial charge in [-0.1, -0.05) is 12.2 Å². The van der Waals surface area contributed by atoms with Crippen LogP contribution in [0.4, 0.5) is 10.1 Å². The van der Waals surface area contributed by atoms with E-state index < -0.39 is 15.8 Å². The summed E-state index contributed by atoms with van der Waals surface area (Å²) in [5.74, 6) is -0.624. The summed E-state index contributed by atoms with van der Waals surface area (Å²) in [4.78, 5) is -0.0161. The van der Waals surface area contributed by atoms with E-state index >= 15 is 0 Å². The molecule has 0 aliphatic heterocycles. The molecule has 0 radical (unpaired) electrons. The van der Waals surface area contributed by atoms with E-state index in [0.717, 1.165) is 12.1 Å². The van der Waals surface area contributed by atoms with E-state index in [0.29, 0.717) is 11.1 Å². The molecule has 4 nitrogen and oxygen atoms in total. The van der Waals surface area contributed by atoms with Crippen molar-refractivity contribution in [3.63, 3.8) is 0 Å². The average molecular weight is 258 g/mol. The molecule has 17 heavy (non-hydrogen) atoms. The molecule has 1 aromatic rings. The highest BCUT2D eigenvalue weighted by molar-refractivity contribution is 7.89. The van der Waals surface area contributed by atoms with Gasteiger partial charge in [-0.2, -0.15) is 0 Å². The van der Waals surface area contributed by atoms with Gasteiger partial charge in [0, 0.05) is 6.54 Å². The summed E-state index contributed by atoms with van der Waals surface area (Å²) < 4.78 is 39.2. The molecule has 1 aromatic carbocycles. The van der Waals surface area contributed by atoms with E-state index in [4.69, 9.17) is 5.73 Å². The Bertz CT molecular complexity index is 553. The van der Waals surface area contributed by atoms with Gasteiger partial charge in [-0.3, -0.25) is 0 Å². The van der Waals surface area contributed by atoms with Crippen LogP contribution >= 0.6 is 0 Å². The van der Waals surface area contributed by atoms with Crippen molar-refractivity contribution >= 4 is 15.7 Å². The van der Waals surface area contributed by atoms with Crippen LogP contribution in [0.2, 0.25) is 0 Å². The predicted octanol–water partition coefficient (Wildman–Crippen LogP) is 1.57. The van der Waals surface area contributed by atoms with Gasteiger partial charge in [0.05, 0.1) is 10.6 Å². The van der Waals surface area contributed by atoms with Crippen LogP contribution in [-0.2, 0) is 10.0 Å². The summed E-state index contributed by atoms with van der Waals surface area (Å²) in [6.07, 6.45) is 0. The number of hydrogen-bond donors (Lipinski definition) is 2. The summed E-state index contributed by atoms with van der Waals surface area (Å²) in [7, 11) is -3.68. The van der Waals surface area contributed by atoms with Crippen molar-refractivity contribution in [2.75, 3.05) is 12.3 Å². The molecule has 0 aliphatic rings. The fourth-order valence-corrected chi connectivity index (χ4v) is 2.61. The van der Waals surface area contributed by atoms with Gasteiger partial charge in [-0.15, -0.1) is 0 Å². The number of nitrogen functional groups attached to an aromatic ring is 1. The summed E-state index contributed by atoms with van der Waals surface area (Å²) in [6.45, 7) is 6.95. The highest BCUT2D eigenvalue weighted by atomic mass is 32.2. The molecule has 0 saturated heterocycles. The molecule has 0 unspecified atom stereocenters. The Morgan fingerprint density at radius 1 is 1.53 bits per heavy atom. The normalized spacial score (nSPS) is 11.5. The van der Waals surface area contributed by atoms with Crippen molar-refractivity contribution in [2.24, 2.45) is 0 Å². The third-order valence-electron chi connectivity index (χ3n) is 2.15. The Labute approximate surface area is 100 Å². The van der Waals surface area contributed by atoms with Crippen LogP contribution < -0.4 is 10.5 Å². The Kier molecular flexibility index (Phi) is 3.90. The van der Waals surface area contributed by atoms with Crippen LogP contribution in [0, 0.1) is 12.7 Å². The van der Waals surface area contributed by atoms with Gasteiger partial charge in [-0.05, 0) is 31.5 Å². The van der Waals surface area contributed by atoms with Gasteiger partial charge in [-0.25, -0.2) is 17.5 Å². The first-order valence-corrected chi connectivity index (χ1v) is 6.42. The number of nitrogens with two attached hydrogens (primary N) is 1. The quantitative estimate of drug-likeness (QED) is 0.636. The number of nitrogens with one attached hydrogen (secondary N) is 1. The maximum absolute atomic E-state index is 13.1. The minimum atomic E-state index is -3.68. The molecule has 0 heterocycles. The van der Waals surface area contributed by atoms with E-state index in [9.17, 15) is 12.8 Å². The number of hydrogen-bond acceptors (Lipinski definition) is 3. The van der Waals surface area contributed by atoms with Gasteiger partial charge in [0.2, 0.25) is 10.0 Å². The van der Waals surface area contributed by atoms with Crippen molar-refractivity contribution in [1.29, 1.82) is 0 Å². The largest absolute Gasteiger partial charge is 0.396 e. The summed E-state index contributed by atoms with van der Waals surface area (Å²) in [6, 6.07) is 2.22. The molecular weight excluding hydrogens is 243 g/mol. The Balaban J connectivity index is 3.15. The second kappa shape index (κ2) is 4.85. The van der Waals surface area contributed by atoms with Crippen LogP contribution in [0.5, 0.6) is 0 Å². The molecular formula is C11H15FN2O2S. The first-order chi connectivity index (χ1) is 7.74. The number of anilines is 1. The maximum Gasteiger partial charge on any atom is 0.241 e. The van der Waals surface area contributed by atoms with Crippen LogP contribution in [0.15, 0.2) is 29.2 Å². The fourth-order valence-electron chi connectivity index (χ4n) is 1.25. The van der Waals surface area contributed by atoms with Crippen LogP contribution in [0.3, 0.4) is 0 Å². The van der Waals surface area contributed by atoms with Gasteiger partial charge >= 0.3 is 0 Å². The molecule has 0 spiro atoms. The van der Waals surface area contributed by atoms with Gasteiger partial charge in [0.1, 0.15) is 5.82 Å². The Morgan fingerprint density at radius 3 is 2.65 bits per heavy atom. The number of aryl methyl sites for hydroxylation is 1. The summed E-state index contributed by atoms with van der Waals surface area (Å²) >= 11 is 0. The van der Waals surface area contributed by atoms with Crippen molar-refractivity contribution in [3.8, 4) is 0 Å². The number of sulfonamides is 1. The lowest BCUT2D eigenvalue weighted by Gasteiger charge is -2.10. The predicted molar refractivity (Wildman–Crippen MR) is 65.6 cm³/mol. The van der Waals surface area contributed by atoms with Crippen LogP contribution in [-0.4, -0.2) is 15.0 Å². The van der Waals surface area contributed by atoms with Crippen LogP contribution in [0.25, 0.3) is 0 Å². The van der Waals surface area contributed by atoms with Crippen molar-refractivity contribution < 1.29 is 12.8 Å². The minimum Gasteiger partial charge on any atom is -0.396 e. The highest BCUT2D eigenvalue weighted by Crippen LogP contribution is 2.21.